The van der Waals surface area contributed by atoms with Gasteiger partial charge >= 0.3 is 7.60 Å². The van der Waals surface area contributed by atoms with Crippen molar-refractivity contribution < 1.29 is 27.8 Å². The maximum Gasteiger partial charge on any atom is 0.376 e. The average molecular weight is 292 g/mol. The smallest absolute Gasteiger partial charge is 0.365 e. The van der Waals surface area contributed by atoms with Gasteiger partial charge in [-0.1, -0.05) is 0 Å². The van der Waals surface area contributed by atoms with E-state index < -0.39 is 26.7 Å². The molecule has 98 valence electrons. The van der Waals surface area contributed by atoms with Crippen LogP contribution >= 0.6 is 21.9 Å². The van der Waals surface area contributed by atoms with Crippen molar-refractivity contribution in [2.75, 3.05) is 40.9 Å². The van der Waals surface area contributed by atoms with Crippen LogP contribution in [0.15, 0.2) is 0 Å². The predicted octanol–water partition coefficient (Wildman–Crippen LogP) is 2.32. The summed E-state index contributed by atoms with van der Waals surface area (Å²) < 4.78 is 45.7. The summed E-state index contributed by atoms with van der Waals surface area (Å²) in [5.74, 6) is 0. The van der Waals surface area contributed by atoms with Crippen LogP contribution in [0.5, 0.6) is 0 Å². The van der Waals surface area contributed by atoms with Gasteiger partial charge in [-0.2, -0.15) is 0 Å². The van der Waals surface area contributed by atoms with Crippen molar-refractivity contribution in [3.63, 3.8) is 0 Å². The van der Waals surface area contributed by atoms with Crippen LogP contribution in [0.2, 0.25) is 0 Å². The number of aliphatic hydroxyl groups is 1. The van der Waals surface area contributed by atoms with Crippen LogP contribution in [0.1, 0.15) is 0 Å². The van der Waals surface area contributed by atoms with Crippen molar-refractivity contribution in [3.8, 4) is 0 Å². The molecule has 0 radical (unpaired) electrons. The van der Waals surface area contributed by atoms with Crippen molar-refractivity contribution in [3.05, 3.63) is 0 Å². The van der Waals surface area contributed by atoms with Gasteiger partial charge in [0.1, 0.15) is 14.3 Å². The number of hydrogen-bond acceptors (Lipinski definition) is 6. The summed E-state index contributed by atoms with van der Waals surface area (Å²) in [4.78, 5) is -2.45. The Kier molecular flexibility index (Phi) is 4.85. The highest BCUT2D eigenvalue weighted by Gasteiger charge is 2.64. The molecule has 0 spiro atoms. The number of rotatable bonds is 5. The van der Waals surface area contributed by atoms with E-state index in [2.05, 4.69) is 9.05 Å². The van der Waals surface area contributed by atoms with Gasteiger partial charge in [0.05, 0.1) is 0 Å². The lowest BCUT2D eigenvalue weighted by molar-refractivity contribution is 0.190. The Morgan fingerprint density at radius 2 is 1.12 bits per heavy atom. The molecule has 6 nitrogen and oxygen atoms in total. The van der Waals surface area contributed by atoms with Crippen LogP contribution in [0.3, 0.4) is 0 Å². The Labute approximate surface area is 96.0 Å². The van der Waals surface area contributed by atoms with Gasteiger partial charge in [-0.05, 0) is 26.7 Å². The molecule has 9 heteroatoms. The first-order valence-electron chi connectivity index (χ1n) is 4.41. The minimum absolute atomic E-state index is 1.06. The van der Waals surface area contributed by atoms with Gasteiger partial charge in [0.2, 0.25) is 0 Å². The summed E-state index contributed by atoms with van der Waals surface area (Å²) in [5.41, 5.74) is 0. The molecule has 0 rings (SSSR count). The zero-order valence-corrected chi connectivity index (χ0v) is 13.0. The topological polar surface area (TPSA) is 89.9 Å². The monoisotopic (exact) mass is 292 g/mol. The second kappa shape index (κ2) is 4.68. The molecule has 16 heavy (non-hydrogen) atoms. The molecule has 0 atom stereocenters. The molecule has 0 saturated carbocycles. The summed E-state index contributed by atoms with van der Waals surface area (Å²) >= 11 is 0. The fraction of sp³-hybridized carbons (Fsp3) is 1.00. The van der Waals surface area contributed by atoms with E-state index in [0.717, 1.165) is 14.2 Å². The van der Waals surface area contributed by atoms with Gasteiger partial charge in [0, 0.05) is 14.2 Å². The van der Waals surface area contributed by atoms with E-state index in [1.54, 1.807) is 0 Å². The number of hydrogen-bond donors (Lipinski definition) is 1. The lowest BCUT2D eigenvalue weighted by Crippen LogP contribution is -2.29. The minimum Gasteiger partial charge on any atom is -0.365 e. The quantitative estimate of drug-likeness (QED) is 0.782. The Balaban J connectivity index is 6.13. The van der Waals surface area contributed by atoms with Gasteiger partial charge in [0.15, 0.2) is 0 Å². The zero-order valence-electron chi connectivity index (χ0n) is 10.3. The molecule has 0 aromatic rings. The summed E-state index contributed by atoms with van der Waals surface area (Å²) in [6, 6.07) is 0. The first-order chi connectivity index (χ1) is 6.87. The van der Waals surface area contributed by atoms with Crippen molar-refractivity contribution in [2.24, 2.45) is 0 Å². The normalized spacial score (nSPS) is 15.2. The van der Waals surface area contributed by atoms with Crippen LogP contribution < -0.4 is 0 Å². The predicted molar refractivity (Wildman–Crippen MR) is 65.5 cm³/mol. The fourth-order valence-corrected chi connectivity index (χ4v) is 12.5. The van der Waals surface area contributed by atoms with Gasteiger partial charge in [-0.15, -0.1) is 0 Å². The SMILES string of the molecule is COP(=O)(OC)C(O)(P(C)(C)=O)P(C)(C)=O. The van der Waals surface area contributed by atoms with Crippen molar-refractivity contribution in [1.82, 2.24) is 0 Å². The zero-order chi connectivity index (χ0) is 13.4. The lowest BCUT2D eigenvalue weighted by Gasteiger charge is -2.38. The molecule has 0 unspecified atom stereocenters. The van der Waals surface area contributed by atoms with Gasteiger partial charge in [-0.25, -0.2) is 0 Å². The maximum atomic E-state index is 12.2. The maximum absolute atomic E-state index is 12.2. The third-order valence-corrected chi connectivity index (χ3v) is 14.1. The molecule has 0 aliphatic carbocycles. The molecule has 0 fully saturated rings. The molecule has 0 aromatic heterocycles. The summed E-state index contributed by atoms with van der Waals surface area (Å²) in [6.07, 6.45) is 0. The van der Waals surface area contributed by atoms with Gasteiger partial charge < -0.3 is 23.3 Å². The summed E-state index contributed by atoms with van der Waals surface area (Å²) in [5, 5.41) is 10.4. The van der Waals surface area contributed by atoms with Gasteiger partial charge in [-0.3, -0.25) is 4.57 Å². The molecule has 0 saturated heterocycles. The third kappa shape index (κ3) is 2.38. The Morgan fingerprint density at radius 3 is 1.19 bits per heavy atom. The van der Waals surface area contributed by atoms with E-state index in [1.807, 2.05) is 0 Å². The van der Waals surface area contributed by atoms with E-state index >= 15 is 0 Å². The van der Waals surface area contributed by atoms with E-state index in [0.29, 0.717) is 0 Å². The summed E-state index contributed by atoms with van der Waals surface area (Å²) in [6.45, 7) is 4.82. The first kappa shape index (κ1) is 16.6. The van der Waals surface area contributed by atoms with Crippen LogP contribution in [-0.2, 0) is 22.7 Å². The molecular formula is C7H19O6P3. The second-order valence-electron chi connectivity index (χ2n) is 4.16. The first-order valence-corrected chi connectivity index (χ1v) is 11.2. The van der Waals surface area contributed by atoms with Crippen molar-refractivity contribution >= 4 is 21.9 Å². The molecule has 1 N–H and O–H groups in total. The Bertz CT molecular complexity index is 361. The van der Waals surface area contributed by atoms with E-state index in [-0.39, 0.29) is 0 Å². The highest BCUT2D eigenvalue weighted by molar-refractivity contribution is 7.94. The molecule has 0 amide bonds. The van der Waals surface area contributed by atoms with Crippen LogP contribution in [0.4, 0.5) is 0 Å². The van der Waals surface area contributed by atoms with Crippen LogP contribution in [-0.4, -0.2) is 50.8 Å². The van der Waals surface area contributed by atoms with Crippen molar-refractivity contribution in [1.29, 1.82) is 0 Å². The molecule has 0 bridgehead atoms. The standard InChI is InChI=1S/C7H19O6P3/c1-12-16(11,13-2)7(8,14(3,4)9)15(5,6)10/h8H,1-6H3. The highest BCUT2D eigenvalue weighted by Crippen LogP contribution is 2.84. The molecular weight excluding hydrogens is 273 g/mol. The Hall–Kier alpha value is 0.570. The highest BCUT2D eigenvalue weighted by atomic mass is 31.3. The molecule has 0 heterocycles. The lowest BCUT2D eigenvalue weighted by atomic mass is 11.6. The minimum atomic E-state index is -4.12. The molecule has 0 aromatic carbocycles. The van der Waals surface area contributed by atoms with Crippen LogP contribution in [0, 0.1) is 0 Å². The van der Waals surface area contributed by atoms with E-state index in [4.69, 9.17) is 0 Å². The fourth-order valence-electron chi connectivity index (χ4n) is 1.49. The molecule has 0 aliphatic heterocycles. The van der Waals surface area contributed by atoms with E-state index in [9.17, 15) is 18.8 Å². The third-order valence-electron chi connectivity index (χ3n) is 2.29. The van der Waals surface area contributed by atoms with E-state index in [1.165, 1.54) is 26.7 Å². The van der Waals surface area contributed by atoms with Gasteiger partial charge in [0.25, 0.3) is 4.82 Å². The largest absolute Gasteiger partial charge is 0.376 e. The summed E-state index contributed by atoms with van der Waals surface area (Å²) in [7, 11) is -8.77. The van der Waals surface area contributed by atoms with Crippen molar-refractivity contribution in [2.45, 2.75) is 4.82 Å². The molecule has 0 aliphatic rings. The second-order valence-corrected chi connectivity index (χ2v) is 14.3. The Morgan fingerprint density at radius 1 is 0.875 bits per heavy atom. The van der Waals surface area contributed by atoms with Crippen LogP contribution in [0.25, 0.3) is 0 Å². The average Bonchev–Trinajstić information content (AvgIpc) is 2.11.